The fourth-order valence-corrected chi connectivity index (χ4v) is 5.89. The van der Waals surface area contributed by atoms with Gasteiger partial charge >= 0.3 is 5.97 Å². The van der Waals surface area contributed by atoms with E-state index in [0.29, 0.717) is 24.0 Å². The summed E-state index contributed by atoms with van der Waals surface area (Å²) < 4.78 is 5.44. The minimum Gasteiger partial charge on any atom is -0.457 e. The average Bonchev–Trinajstić information content (AvgIpc) is 3.04. The molecule has 4 aliphatic carbocycles. The first-order chi connectivity index (χ1) is 11.9. The lowest BCUT2D eigenvalue weighted by atomic mass is 9.47. The second kappa shape index (κ2) is 5.71. The van der Waals surface area contributed by atoms with Gasteiger partial charge in [-0.3, -0.25) is 14.4 Å². The molecule has 2 atom stereocenters. The van der Waals surface area contributed by atoms with Crippen LogP contribution < -0.4 is 5.32 Å². The maximum absolute atomic E-state index is 12.9. The summed E-state index contributed by atoms with van der Waals surface area (Å²) in [7, 11) is 0. The number of rotatable bonds is 5. The number of esters is 1. The smallest absolute Gasteiger partial charge is 0.312 e. The molecule has 5 rings (SSSR count). The van der Waals surface area contributed by atoms with Crippen molar-refractivity contribution in [3.63, 3.8) is 0 Å². The number of carbonyl (C=O) groups excluding carboxylic acids is 3. The molecule has 4 bridgehead atoms. The number of nitrogens with one attached hydrogen (secondary N) is 2. The molecule has 1 aromatic rings. The van der Waals surface area contributed by atoms with Crippen molar-refractivity contribution in [3.8, 4) is 0 Å². The topological polar surface area (TPSA) is 88.3 Å². The molecule has 0 radical (unpaired) electrons. The lowest BCUT2D eigenvalue weighted by molar-refractivity contribution is -0.174. The lowest BCUT2D eigenvalue weighted by Crippen LogP contribution is -2.64. The molecule has 2 unspecified atom stereocenters. The van der Waals surface area contributed by atoms with E-state index in [1.807, 2.05) is 0 Å². The number of Topliss-reactive ketones (excluding diaryl/α,β-unsaturated/α-hetero) is 1. The average molecular weight is 344 g/mol. The Hall–Kier alpha value is -2.11. The van der Waals surface area contributed by atoms with Crippen molar-refractivity contribution in [2.75, 3.05) is 6.61 Å². The van der Waals surface area contributed by atoms with Crippen LogP contribution in [0.4, 0.5) is 0 Å². The molecule has 25 heavy (non-hydrogen) atoms. The first-order valence-corrected chi connectivity index (χ1v) is 9.02. The van der Waals surface area contributed by atoms with Crippen molar-refractivity contribution in [2.45, 2.75) is 51.0 Å². The van der Waals surface area contributed by atoms with Crippen LogP contribution in [0.1, 0.15) is 55.9 Å². The highest BCUT2D eigenvalue weighted by Gasteiger charge is 2.61. The molecule has 0 aliphatic heterocycles. The van der Waals surface area contributed by atoms with Gasteiger partial charge in [0.05, 0.1) is 11.1 Å². The zero-order chi connectivity index (χ0) is 17.7. The van der Waals surface area contributed by atoms with E-state index < -0.39 is 5.41 Å². The molecule has 1 heterocycles. The molecule has 4 saturated carbocycles. The van der Waals surface area contributed by atoms with Gasteiger partial charge in [0.15, 0.2) is 6.61 Å². The van der Waals surface area contributed by atoms with Crippen LogP contribution in [-0.2, 0) is 14.3 Å². The normalized spacial score (nSPS) is 35.4. The minimum atomic E-state index is -0.539. The van der Waals surface area contributed by atoms with E-state index in [2.05, 4.69) is 10.3 Å². The summed E-state index contributed by atoms with van der Waals surface area (Å²) in [6.45, 7) is 1.31. The number of amides is 1. The van der Waals surface area contributed by atoms with Crippen molar-refractivity contribution < 1.29 is 19.1 Å². The van der Waals surface area contributed by atoms with Gasteiger partial charge in [-0.25, -0.2) is 0 Å². The molecule has 4 fully saturated rings. The molecule has 134 valence electrons. The quantitative estimate of drug-likeness (QED) is 0.633. The maximum atomic E-state index is 12.9. The highest BCUT2D eigenvalue weighted by atomic mass is 16.5. The van der Waals surface area contributed by atoms with E-state index in [9.17, 15) is 14.4 Å². The van der Waals surface area contributed by atoms with Crippen molar-refractivity contribution in [1.82, 2.24) is 10.3 Å². The Morgan fingerprint density at radius 3 is 2.56 bits per heavy atom. The van der Waals surface area contributed by atoms with Crippen LogP contribution in [0.2, 0.25) is 0 Å². The Balaban J connectivity index is 1.48. The van der Waals surface area contributed by atoms with Gasteiger partial charge in [-0.2, -0.15) is 0 Å². The molecule has 1 amide bonds. The monoisotopic (exact) mass is 344 g/mol. The zero-order valence-corrected chi connectivity index (χ0v) is 14.5. The fraction of sp³-hybridized carbons (Fsp3) is 0.632. The summed E-state index contributed by atoms with van der Waals surface area (Å²) in [5.74, 6) is 0.391. The predicted octanol–water partition coefficient (Wildman–Crippen LogP) is 2.22. The largest absolute Gasteiger partial charge is 0.457 e. The van der Waals surface area contributed by atoms with E-state index >= 15 is 0 Å². The first kappa shape index (κ1) is 16.4. The number of hydrogen-bond acceptors (Lipinski definition) is 4. The second-order valence-corrected chi connectivity index (χ2v) is 8.29. The standard InChI is InChI=1S/C19H24N2O4/c1-12(22)21-19-8-13-5-14(9-19)7-18(6-13,11-19)17(24)25-10-16(23)15-3-2-4-20-15/h2-4,13-14,20H,5-11H2,1H3,(H,21,22). The van der Waals surface area contributed by atoms with Gasteiger partial charge in [0.2, 0.25) is 11.7 Å². The number of ketones is 1. The van der Waals surface area contributed by atoms with Gasteiger partial charge in [0.1, 0.15) is 0 Å². The summed E-state index contributed by atoms with van der Waals surface area (Å²) in [5.41, 5.74) is -0.353. The van der Waals surface area contributed by atoms with Crippen LogP contribution in [0.3, 0.4) is 0 Å². The van der Waals surface area contributed by atoms with Gasteiger partial charge < -0.3 is 15.0 Å². The van der Waals surface area contributed by atoms with Crippen LogP contribution in [0.5, 0.6) is 0 Å². The van der Waals surface area contributed by atoms with E-state index in [4.69, 9.17) is 4.74 Å². The summed E-state index contributed by atoms with van der Waals surface area (Å²) in [6, 6.07) is 3.41. The summed E-state index contributed by atoms with van der Waals surface area (Å²) in [4.78, 5) is 39.5. The Kier molecular flexibility index (Phi) is 3.74. The number of hydrogen-bond donors (Lipinski definition) is 2. The third-order valence-electron chi connectivity index (χ3n) is 6.17. The Labute approximate surface area is 146 Å². The molecule has 2 N–H and O–H groups in total. The minimum absolute atomic E-state index is 0.0348. The first-order valence-electron chi connectivity index (χ1n) is 9.02. The van der Waals surface area contributed by atoms with Gasteiger partial charge in [0, 0.05) is 18.7 Å². The van der Waals surface area contributed by atoms with Gasteiger partial charge in [0.25, 0.3) is 0 Å². The van der Waals surface area contributed by atoms with Crippen molar-refractivity contribution >= 4 is 17.7 Å². The van der Waals surface area contributed by atoms with Crippen LogP contribution >= 0.6 is 0 Å². The third-order valence-corrected chi connectivity index (χ3v) is 6.17. The predicted molar refractivity (Wildman–Crippen MR) is 89.7 cm³/mol. The molecular weight excluding hydrogens is 320 g/mol. The zero-order valence-electron chi connectivity index (χ0n) is 14.5. The van der Waals surface area contributed by atoms with Crippen LogP contribution in [-0.4, -0.2) is 34.8 Å². The van der Waals surface area contributed by atoms with Gasteiger partial charge in [-0.1, -0.05) is 0 Å². The molecule has 0 aromatic carbocycles. The molecule has 6 heteroatoms. The molecule has 1 aromatic heterocycles. The third kappa shape index (κ3) is 2.87. The van der Waals surface area contributed by atoms with Crippen molar-refractivity contribution in [1.29, 1.82) is 0 Å². The van der Waals surface area contributed by atoms with Crippen molar-refractivity contribution in [3.05, 3.63) is 24.0 Å². The molecule has 0 spiro atoms. The van der Waals surface area contributed by atoms with Gasteiger partial charge in [-0.05, 0) is 62.5 Å². The number of ether oxygens (including phenoxy) is 1. The molecule has 4 aliphatic rings. The Bertz CT molecular complexity index is 695. The number of aromatic nitrogens is 1. The Morgan fingerprint density at radius 2 is 1.96 bits per heavy atom. The second-order valence-electron chi connectivity index (χ2n) is 8.29. The summed E-state index contributed by atoms with van der Waals surface area (Å²) in [6.07, 6.45) is 7.00. The van der Waals surface area contributed by atoms with Crippen LogP contribution in [0.15, 0.2) is 18.3 Å². The Morgan fingerprint density at radius 1 is 1.24 bits per heavy atom. The van der Waals surface area contributed by atoms with E-state index in [0.717, 1.165) is 32.1 Å². The summed E-state index contributed by atoms with van der Waals surface area (Å²) in [5, 5.41) is 3.14. The number of H-pyrrole nitrogens is 1. The number of carbonyl (C=O) groups is 3. The van der Waals surface area contributed by atoms with E-state index in [1.165, 1.54) is 0 Å². The van der Waals surface area contributed by atoms with Crippen molar-refractivity contribution in [2.24, 2.45) is 17.3 Å². The highest BCUT2D eigenvalue weighted by Crippen LogP contribution is 2.62. The van der Waals surface area contributed by atoms with Crippen LogP contribution in [0.25, 0.3) is 0 Å². The SMILES string of the molecule is CC(=O)NC12CC3CC(C1)CC(C(=O)OCC(=O)c1ccc[nH]1)(C3)C2. The molecular formula is C19H24N2O4. The molecule has 0 saturated heterocycles. The lowest BCUT2D eigenvalue weighted by Gasteiger charge is -2.60. The van der Waals surface area contributed by atoms with E-state index in [-0.39, 0.29) is 29.8 Å². The number of aromatic amines is 1. The fourth-order valence-electron chi connectivity index (χ4n) is 5.89. The van der Waals surface area contributed by atoms with Crippen LogP contribution in [0, 0.1) is 17.3 Å². The highest BCUT2D eigenvalue weighted by molar-refractivity contribution is 5.96. The summed E-state index contributed by atoms with van der Waals surface area (Å²) >= 11 is 0. The molecule has 6 nitrogen and oxygen atoms in total. The maximum Gasteiger partial charge on any atom is 0.312 e. The van der Waals surface area contributed by atoms with Gasteiger partial charge in [-0.15, -0.1) is 0 Å². The van der Waals surface area contributed by atoms with E-state index in [1.54, 1.807) is 25.3 Å².